The number of aliphatic carboxylic acids is 1. The second-order valence-corrected chi connectivity index (χ2v) is 9.52. The number of rotatable bonds is 17. The lowest BCUT2D eigenvalue weighted by molar-refractivity contribution is -0.137. The van der Waals surface area contributed by atoms with Gasteiger partial charge >= 0.3 is 5.97 Å². The highest BCUT2D eigenvalue weighted by molar-refractivity contribution is 8.01. The first-order valence-electron chi connectivity index (χ1n) is 12.1. The van der Waals surface area contributed by atoms with Crippen molar-refractivity contribution >= 4 is 23.5 Å². The third-order valence-electron chi connectivity index (χ3n) is 5.05. The van der Waals surface area contributed by atoms with Gasteiger partial charge in [0.25, 0.3) is 0 Å². The number of carboxylic acids is 1. The average molecular weight is 486 g/mol. The van der Waals surface area contributed by atoms with E-state index >= 15 is 0 Å². The molecule has 0 spiro atoms. The van der Waals surface area contributed by atoms with Gasteiger partial charge in [-0.2, -0.15) is 0 Å². The number of allylic oxidation sites excluding steroid dienone is 8. The molecule has 0 aliphatic carbocycles. The number of hydrogen-bond acceptors (Lipinski definition) is 3. The van der Waals surface area contributed by atoms with Crippen LogP contribution >= 0.6 is 11.9 Å². The van der Waals surface area contributed by atoms with Crippen LogP contribution in [-0.2, 0) is 4.79 Å². The Bertz CT molecular complexity index is 869. The summed E-state index contributed by atoms with van der Waals surface area (Å²) >= 11 is 1.58. The van der Waals surface area contributed by atoms with Gasteiger partial charge in [-0.15, -0.1) is 0 Å². The number of carboxylic acid groups (broad SMARTS) is 1. The number of unbranched alkanes of at least 4 members (excludes halogenated alkanes) is 3. The van der Waals surface area contributed by atoms with Crippen molar-refractivity contribution in [2.45, 2.75) is 65.7 Å². The van der Waals surface area contributed by atoms with Gasteiger partial charge in [0.2, 0.25) is 0 Å². The molecular weight excluding hydrogens is 445 g/mol. The van der Waals surface area contributed by atoms with E-state index in [0.29, 0.717) is 6.54 Å². The molecule has 1 aromatic carbocycles. The first kappa shape index (κ1) is 29.7. The molecule has 1 rings (SSSR count). The quantitative estimate of drug-likeness (QED) is 0.132. The predicted octanol–water partition coefficient (Wildman–Crippen LogP) is 8.65. The SMILES string of the molecule is C=C/C=C(\C=C(/CC)SNC/C(=C\C(F)=C/C(C)C)c1ccccc1)CCCCCCC(=O)O. The van der Waals surface area contributed by atoms with Crippen LogP contribution in [0.5, 0.6) is 0 Å². The summed E-state index contributed by atoms with van der Waals surface area (Å²) in [5.74, 6) is -0.792. The second-order valence-electron chi connectivity index (χ2n) is 8.50. The van der Waals surface area contributed by atoms with E-state index in [4.69, 9.17) is 5.11 Å². The van der Waals surface area contributed by atoms with Crippen molar-refractivity contribution in [2.75, 3.05) is 6.54 Å². The van der Waals surface area contributed by atoms with E-state index in [9.17, 15) is 9.18 Å². The first-order chi connectivity index (χ1) is 16.3. The fourth-order valence-electron chi connectivity index (χ4n) is 3.35. The van der Waals surface area contributed by atoms with Gasteiger partial charge in [0.05, 0.1) is 0 Å². The Balaban J connectivity index is 2.75. The minimum absolute atomic E-state index is 0.150. The van der Waals surface area contributed by atoms with Gasteiger partial charge in [0.15, 0.2) is 0 Å². The summed E-state index contributed by atoms with van der Waals surface area (Å²) in [5, 5.41) is 8.74. The molecule has 0 radical (unpaired) electrons. The van der Waals surface area contributed by atoms with Crippen molar-refractivity contribution < 1.29 is 14.3 Å². The van der Waals surface area contributed by atoms with E-state index in [2.05, 4.69) is 24.3 Å². The van der Waals surface area contributed by atoms with E-state index in [0.717, 1.165) is 49.7 Å². The van der Waals surface area contributed by atoms with E-state index in [1.54, 1.807) is 24.1 Å². The molecule has 5 heteroatoms. The lowest BCUT2D eigenvalue weighted by Crippen LogP contribution is -2.08. The maximum Gasteiger partial charge on any atom is 0.303 e. The molecule has 0 aromatic heterocycles. The largest absolute Gasteiger partial charge is 0.481 e. The van der Waals surface area contributed by atoms with Gasteiger partial charge in [-0.25, -0.2) is 4.39 Å². The molecule has 34 heavy (non-hydrogen) atoms. The minimum atomic E-state index is -0.726. The Morgan fingerprint density at radius 2 is 1.79 bits per heavy atom. The Labute approximate surface area is 209 Å². The van der Waals surface area contributed by atoms with Crippen LogP contribution in [0.15, 0.2) is 83.6 Å². The van der Waals surface area contributed by atoms with Crippen molar-refractivity contribution in [3.8, 4) is 0 Å². The molecule has 0 fully saturated rings. The molecule has 2 N–H and O–H groups in total. The molecule has 0 saturated heterocycles. The lowest BCUT2D eigenvalue weighted by Gasteiger charge is -2.12. The number of benzene rings is 1. The molecule has 0 aliphatic heterocycles. The van der Waals surface area contributed by atoms with E-state index in [1.165, 1.54) is 10.5 Å². The van der Waals surface area contributed by atoms with Crippen LogP contribution in [0.1, 0.15) is 71.3 Å². The van der Waals surface area contributed by atoms with Crippen molar-refractivity contribution in [2.24, 2.45) is 5.92 Å². The maximum atomic E-state index is 14.4. The fraction of sp³-hybridized carbons (Fsp3) is 0.414. The van der Waals surface area contributed by atoms with Crippen LogP contribution in [0.4, 0.5) is 4.39 Å². The zero-order valence-corrected chi connectivity index (χ0v) is 21.7. The molecule has 0 bridgehead atoms. The highest BCUT2D eigenvalue weighted by atomic mass is 32.2. The molecule has 0 aliphatic rings. The fourth-order valence-corrected chi connectivity index (χ4v) is 4.12. The van der Waals surface area contributed by atoms with Gasteiger partial charge in [-0.1, -0.05) is 82.7 Å². The summed E-state index contributed by atoms with van der Waals surface area (Å²) in [6, 6.07) is 9.89. The molecule has 3 nitrogen and oxygen atoms in total. The maximum absolute atomic E-state index is 14.4. The Kier molecular flexibility index (Phi) is 15.7. The van der Waals surface area contributed by atoms with Crippen molar-refractivity contribution in [1.82, 2.24) is 4.72 Å². The van der Waals surface area contributed by atoms with Gasteiger partial charge in [-0.05, 0) is 78.5 Å². The standard InChI is InChI=1S/C29H40FNO2S/c1-5-14-24(15-10-7-8-13-18-29(32)33)20-28(6-2)34-31-22-26(21-27(30)19-23(3)4)25-16-11-9-12-17-25/h5,9,11-12,14,16-17,19-21,23,31H,1,6-8,10,13,15,18,22H2,2-4H3,(H,32,33)/b24-14-,26-21+,27-19+,28-20+. The summed E-state index contributed by atoms with van der Waals surface area (Å²) in [7, 11) is 0. The number of halogens is 1. The zero-order valence-electron chi connectivity index (χ0n) is 20.9. The van der Waals surface area contributed by atoms with Gasteiger partial charge < -0.3 is 5.11 Å². The van der Waals surface area contributed by atoms with Crippen LogP contribution in [0.25, 0.3) is 5.57 Å². The Hall–Kier alpha value is -2.37. The van der Waals surface area contributed by atoms with E-state index in [1.807, 2.05) is 56.3 Å². The van der Waals surface area contributed by atoms with Crippen LogP contribution in [0, 0.1) is 5.92 Å². The molecule has 0 heterocycles. The van der Waals surface area contributed by atoms with Crippen molar-refractivity contribution in [3.05, 3.63) is 89.2 Å². The van der Waals surface area contributed by atoms with Crippen LogP contribution < -0.4 is 4.72 Å². The van der Waals surface area contributed by atoms with Crippen molar-refractivity contribution in [1.29, 1.82) is 0 Å². The number of hydrogen-bond donors (Lipinski definition) is 2. The zero-order chi connectivity index (χ0) is 25.2. The number of nitrogens with one attached hydrogen (secondary N) is 1. The topological polar surface area (TPSA) is 49.3 Å². The number of carbonyl (C=O) groups is 1. The molecular formula is C29H40FNO2S. The molecule has 0 amide bonds. The highest BCUT2D eigenvalue weighted by Crippen LogP contribution is 2.24. The summed E-state index contributed by atoms with van der Waals surface area (Å²) in [6.07, 6.45) is 15.1. The van der Waals surface area contributed by atoms with Gasteiger partial charge in [0.1, 0.15) is 5.83 Å². The molecule has 1 aromatic rings. The molecule has 186 valence electrons. The Morgan fingerprint density at radius 3 is 2.38 bits per heavy atom. The Morgan fingerprint density at radius 1 is 1.12 bits per heavy atom. The van der Waals surface area contributed by atoms with E-state index < -0.39 is 5.97 Å². The minimum Gasteiger partial charge on any atom is -0.481 e. The van der Waals surface area contributed by atoms with Crippen LogP contribution in [0.2, 0.25) is 0 Å². The van der Waals surface area contributed by atoms with Crippen LogP contribution in [-0.4, -0.2) is 17.6 Å². The normalized spacial score (nSPS) is 13.4. The molecule has 0 unspecified atom stereocenters. The second kappa shape index (κ2) is 18.0. The monoisotopic (exact) mass is 485 g/mol. The van der Waals surface area contributed by atoms with Gasteiger partial charge in [0, 0.05) is 17.9 Å². The third-order valence-corrected chi connectivity index (χ3v) is 6.01. The first-order valence-corrected chi connectivity index (χ1v) is 12.9. The smallest absolute Gasteiger partial charge is 0.303 e. The van der Waals surface area contributed by atoms with Crippen molar-refractivity contribution in [3.63, 3.8) is 0 Å². The summed E-state index contributed by atoms with van der Waals surface area (Å²) < 4.78 is 17.8. The molecule has 0 atom stereocenters. The summed E-state index contributed by atoms with van der Waals surface area (Å²) in [5.41, 5.74) is 3.12. The van der Waals surface area contributed by atoms with Crippen LogP contribution in [0.3, 0.4) is 0 Å². The molecule has 0 saturated carbocycles. The summed E-state index contributed by atoms with van der Waals surface area (Å²) in [4.78, 5) is 11.8. The third kappa shape index (κ3) is 14.0. The van der Waals surface area contributed by atoms with E-state index in [-0.39, 0.29) is 18.2 Å². The average Bonchev–Trinajstić information content (AvgIpc) is 2.79. The highest BCUT2D eigenvalue weighted by Gasteiger charge is 2.06. The summed E-state index contributed by atoms with van der Waals surface area (Å²) in [6.45, 7) is 10.4. The lowest BCUT2D eigenvalue weighted by atomic mass is 10.0. The van der Waals surface area contributed by atoms with Gasteiger partial charge in [-0.3, -0.25) is 9.52 Å². The predicted molar refractivity (Wildman–Crippen MR) is 146 cm³/mol.